The molecule has 1 aliphatic rings. The van der Waals surface area contributed by atoms with Gasteiger partial charge in [-0.1, -0.05) is 6.58 Å². The molecule has 8 nitrogen and oxygen atoms in total. The van der Waals surface area contributed by atoms with E-state index in [2.05, 4.69) is 16.9 Å². The Morgan fingerprint density at radius 2 is 2.35 bits per heavy atom. The van der Waals surface area contributed by atoms with Crippen LogP contribution in [-0.2, 0) is 9.53 Å². The van der Waals surface area contributed by atoms with Gasteiger partial charge >= 0.3 is 5.69 Å². The Labute approximate surface area is 114 Å². The molecule has 0 bridgehead atoms. The minimum atomic E-state index is -1.05. The molecule has 2 rings (SSSR count). The lowest BCUT2D eigenvalue weighted by molar-refractivity contribution is -0.114. The van der Waals surface area contributed by atoms with Crippen LogP contribution in [0.1, 0.15) is 13.2 Å². The number of amides is 1. The van der Waals surface area contributed by atoms with Crippen LogP contribution in [0.2, 0.25) is 0 Å². The third-order valence-electron chi connectivity index (χ3n) is 2.92. The van der Waals surface area contributed by atoms with Crippen LogP contribution in [0.3, 0.4) is 0 Å². The molecule has 1 aromatic heterocycles. The van der Waals surface area contributed by atoms with Crippen molar-refractivity contribution in [3.63, 3.8) is 0 Å². The lowest BCUT2D eigenvalue weighted by Crippen LogP contribution is -2.28. The summed E-state index contributed by atoms with van der Waals surface area (Å²) >= 11 is 0. The van der Waals surface area contributed by atoms with Gasteiger partial charge in [0.15, 0.2) is 6.23 Å². The van der Waals surface area contributed by atoms with Gasteiger partial charge in [0.25, 0.3) is 0 Å². The van der Waals surface area contributed by atoms with E-state index in [0.29, 0.717) is 0 Å². The summed E-state index contributed by atoms with van der Waals surface area (Å²) < 4.78 is 6.49. The normalized spacial score (nSPS) is 25.8. The number of aliphatic hydroxyl groups is 2. The van der Waals surface area contributed by atoms with Crippen molar-refractivity contribution in [2.24, 2.45) is 0 Å². The van der Waals surface area contributed by atoms with Crippen molar-refractivity contribution < 1.29 is 19.7 Å². The summed E-state index contributed by atoms with van der Waals surface area (Å²) in [7, 11) is 0. The zero-order valence-corrected chi connectivity index (χ0v) is 10.8. The highest BCUT2D eigenvalue weighted by molar-refractivity contribution is 5.87. The van der Waals surface area contributed by atoms with Crippen molar-refractivity contribution in [1.82, 2.24) is 9.55 Å². The number of hydrogen-bond donors (Lipinski definition) is 3. The summed E-state index contributed by atoms with van der Waals surface area (Å²) in [4.78, 5) is 26.5. The Hall–Kier alpha value is -2.03. The Kier molecular flexibility index (Phi) is 3.98. The second-order valence-corrected chi connectivity index (χ2v) is 4.41. The molecule has 0 saturated carbocycles. The standard InChI is InChI=1S/C12H15N3O5/c1-6-10(18)8(5-16)20-11(6)15-4-3-9(13-7(2)17)14-12(15)19/h3-4,8,10-11,16,18H,1,5H2,2H3,(H,13,14,17,19)/t8-,10?,11-/m1/s1. The van der Waals surface area contributed by atoms with Crippen LogP contribution >= 0.6 is 0 Å². The molecule has 0 spiro atoms. The minimum Gasteiger partial charge on any atom is -0.394 e. The predicted molar refractivity (Wildman–Crippen MR) is 68.9 cm³/mol. The zero-order chi connectivity index (χ0) is 14.9. The van der Waals surface area contributed by atoms with Gasteiger partial charge in [0.2, 0.25) is 5.91 Å². The first-order valence-electron chi connectivity index (χ1n) is 5.94. The van der Waals surface area contributed by atoms with Crippen LogP contribution in [-0.4, -0.2) is 44.5 Å². The molecule has 1 amide bonds. The summed E-state index contributed by atoms with van der Waals surface area (Å²) in [5.41, 5.74) is -0.395. The Balaban J connectivity index is 2.28. The third-order valence-corrected chi connectivity index (χ3v) is 2.92. The number of anilines is 1. The van der Waals surface area contributed by atoms with Crippen molar-refractivity contribution in [2.75, 3.05) is 11.9 Å². The lowest BCUT2D eigenvalue weighted by Gasteiger charge is -2.15. The Morgan fingerprint density at radius 1 is 1.65 bits per heavy atom. The maximum atomic E-state index is 11.9. The largest absolute Gasteiger partial charge is 0.394 e. The van der Waals surface area contributed by atoms with Gasteiger partial charge in [-0.25, -0.2) is 4.79 Å². The van der Waals surface area contributed by atoms with E-state index < -0.39 is 24.1 Å². The molecule has 1 aromatic rings. The fourth-order valence-electron chi connectivity index (χ4n) is 1.94. The first-order valence-corrected chi connectivity index (χ1v) is 5.94. The van der Waals surface area contributed by atoms with Crippen LogP contribution in [0.5, 0.6) is 0 Å². The minimum absolute atomic E-state index is 0.126. The van der Waals surface area contributed by atoms with E-state index in [1.807, 2.05) is 0 Å². The van der Waals surface area contributed by atoms with Gasteiger partial charge in [-0.15, -0.1) is 0 Å². The Morgan fingerprint density at radius 3 is 2.85 bits per heavy atom. The van der Waals surface area contributed by atoms with Gasteiger partial charge in [-0.3, -0.25) is 9.36 Å². The first-order chi connectivity index (χ1) is 9.43. The van der Waals surface area contributed by atoms with Gasteiger partial charge in [-0.05, 0) is 6.07 Å². The summed E-state index contributed by atoms with van der Waals surface area (Å²) in [5, 5.41) is 21.2. The van der Waals surface area contributed by atoms with Gasteiger partial charge in [-0.2, -0.15) is 4.98 Å². The molecule has 20 heavy (non-hydrogen) atoms. The van der Waals surface area contributed by atoms with Gasteiger partial charge in [0.05, 0.1) is 6.61 Å². The molecular formula is C12H15N3O5. The van der Waals surface area contributed by atoms with Crippen LogP contribution in [0.15, 0.2) is 29.2 Å². The monoisotopic (exact) mass is 281 g/mol. The van der Waals surface area contributed by atoms with Crippen LogP contribution in [0, 0.1) is 0 Å². The number of carbonyl (C=O) groups excluding carboxylic acids is 1. The number of rotatable bonds is 3. The smallest absolute Gasteiger partial charge is 0.351 e. The van der Waals surface area contributed by atoms with E-state index in [-0.39, 0.29) is 23.9 Å². The number of aromatic nitrogens is 2. The van der Waals surface area contributed by atoms with Crippen molar-refractivity contribution >= 4 is 11.7 Å². The Bertz CT molecular complexity index is 597. The summed E-state index contributed by atoms with van der Waals surface area (Å²) in [6.45, 7) is 4.58. The van der Waals surface area contributed by atoms with E-state index >= 15 is 0 Å². The molecule has 1 unspecified atom stereocenters. The van der Waals surface area contributed by atoms with E-state index in [1.165, 1.54) is 19.2 Å². The van der Waals surface area contributed by atoms with Crippen molar-refractivity contribution in [2.45, 2.75) is 25.4 Å². The van der Waals surface area contributed by atoms with Crippen LogP contribution < -0.4 is 11.0 Å². The van der Waals surface area contributed by atoms with Crippen molar-refractivity contribution in [3.8, 4) is 0 Å². The van der Waals surface area contributed by atoms with E-state index in [1.54, 1.807) is 0 Å². The average molecular weight is 281 g/mol. The molecule has 108 valence electrons. The second-order valence-electron chi connectivity index (χ2n) is 4.41. The highest BCUT2D eigenvalue weighted by atomic mass is 16.5. The summed E-state index contributed by atoms with van der Waals surface area (Å²) in [5.74, 6) is -0.214. The SMILES string of the molecule is C=C1C(O)[C@@H](CO)O[C@H]1n1ccc(NC(C)=O)nc1=O. The van der Waals surface area contributed by atoms with Crippen LogP contribution in [0.4, 0.5) is 5.82 Å². The molecule has 3 N–H and O–H groups in total. The number of hydrogen-bond acceptors (Lipinski definition) is 6. The molecule has 1 aliphatic heterocycles. The summed E-state index contributed by atoms with van der Waals surface area (Å²) in [6.07, 6.45) is -1.39. The fraction of sp³-hybridized carbons (Fsp3) is 0.417. The number of carbonyl (C=O) groups is 1. The molecule has 1 saturated heterocycles. The maximum absolute atomic E-state index is 11.9. The van der Waals surface area contributed by atoms with Crippen molar-refractivity contribution in [3.05, 3.63) is 34.9 Å². The van der Waals surface area contributed by atoms with E-state index in [0.717, 1.165) is 4.57 Å². The predicted octanol–water partition coefficient (Wildman–Crippen LogP) is -0.992. The number of ether oxygens (including phenoxy) is 1. The second kappa shape index (κ2) is 5.53. The lowest BCUT2D eigenvalue weighted by atomic mass is 10.1. The molecule has 2 heterocycles. The summed E-state index contributed by atoms with van der Waals surface area (Å²) in [6, 6.07) is 1.43. The highest BCUT2D eigenvalue weighted by Gasteiger charge is 2.38. The van der Waals surface area contributed by atoms with Gasteiger partial charge < -0.3 is 20.3 Å². The van der Waals surface area contributed by atoms with Gasteiger partial charge in [0.1, 0.15) is 18.0 Å². The average Bonchev–Trinajstić information content (AvgIpc) is 2.66. The van der Waals surface area contributed by atoms with E-state index in [9.17, 15) is 14.7 Å². The number of nitrogens with one attached hydrogen (secondary N) is 1. The highest BCUT2D eigenvalue weighted by Crippen LogP contribution is 2.31. The zero-order valence-electron chi connectivity index (χ0n) is 10.8. The van der Waals surface area contributed by atoms with E-state index in [4.69, 9.17) is 9.84 Å². The molecule has 1 fully saturated rings. The molecular weight excluding hydrogens is 266 g/mol. The number of nitrogens with zero attached hydrogens (tertiary/aromatic N) is 2. The third kappa shape index (κ3) is 2.62. The first kappa shape index (κ1) is 14.4. The number of aliphatic hydroxyl groups excluding tert-OH is 2. The molecule has 0 radical (unpaired) electrons. The molecule has 0 aromatic carbocycles. The van der Waals surface area contributed by atoms with Crippen LogP contribution in [0.25, 0.3) is 0 Å². The topological polar surface area (TPSA) is 114 Å². The maximum Gasteiger partial charge on any atom is 0.351 e. The van der Waals surface area contributed by atoms with Gasteiger partial charge in [0, 0.05) is 18.7 Å². The molecule has 0 aliphatic carbocycles. The van der Waals surface area contributed by atoms with Crippen molar-refractivity contribution in [1.29, 1.82) is 0 Å². The molecule has 3 atom stereocenters. The fourth-order valence-corrected chi connectivity index (χ4v) is 1.94. The molecule has 8 heteroatoms. The quantitative estimate of drug-likeness (QED) is 0.613.